The number of benzene rings is 2. The molecule has 0 aliphatic rings. The quantitative estimate of drug-likeness (QED) is 0.349. The van der Waals surface area contributed by atoms with Crippen LogP contribution in [0.1, 0.15) is 16.7 Å². The van der Waals surface area contributed by atoms with E-state index in [9.17, 15) is 13.2 Å². The Morgan fingerprint density at radius 3 is 2.36 bits per heavy atom. The molecule has 5 nitrogen and oxygen atoms in total. The molecule has 0 atom stereocenters. The normalized spacial score (nSPS) is 11.6. The Balaban J connectivity index is 0.00000392. The lowest BCUT2D eigenvalue weighted by Crippen LogP contribution is -2.31. The van der Waals surface area contributed by atoms with Gasteiger partial charge in [0.15, 0.2) is 5.96 Å². The molecule has 0 aliphatic carbocycles. The standard InChI is InChI=1S/C19H23F3N4O.HI/c1-13-4-7-15(17(10-13)26(2)3)12-25-18(23)24-11-14-5-8-16(9-6-14)27-19(20,21)22;/h4-10H,11-12H2,1-3H3,(H3,23,24,25);1H. The van der Waals surface area contributed by atoms with Crippen molar-refractivity contribution >= 4 is 35.6 Å². The summed E-state index contributed by atoms with van der Waals surface area (Å²) in [4.78, 5) is 6.24. The molecule has 0 amide bonds. The Kier molecular flexibility index (Phi) is 8.86. The van der Waals surface area contributed by atoms with Gasteiger partial charge in [-0.2, -0.15) is 0 Å². The average molecular weight is 508 g/mol. The monoisotopic (exact) mass is 508 g/mol. The van der Waals surface area contributed by atoms with Crippen LogP contribution in [0.3, 0.4) is 0 Å². The van der Waals surface area contributed by atoms with Gasteiger partial charge in [0, 0.05) is 26.3 Å². The number of guanidine groups is 1. The molecule has 0 fully saturated rings. The van der Waals surface area contributed by atoms with Crippen LogP contribution in [-0.4, -0.2) is 26.4 Å². The highest BCUT2D eigenvalue weighted by molar-refractivity contribution is 14.0. The van der Waals surface area contributed by atoms with Gasteiger partial charge in [0.25, 0.3) is 0 Å². The number of nitrogens with one attached hydrogen (secondary N) is 1. The van der Waals surface area contributed by atoms with E-state index in [4.69, 9.17) is 5.73 Å². The highest BCUT2D eigenvalue weighted by Crippen LogP contribution is 2.23. The van der Waals surface area contributed by atoms with Crippen molar-refractivity contribution in [2.24, 2.45) is 10.7 Å². The Bertz CT molecular complexity index is 793. The molecular formula is C19H24F3IN4O. The number of aryl methyl sites for hydroxylation is 1. The number of anilines is 1. The molecule has 2 aromatic carbocycles. The van der Waals surface area contributed by atoms with Gasteiger partial charge in [-0.05, 0) is 41.8 Å². The van der Waals surface area contributed by atoms with Crippen LogP contribution in [0.15, 0.2) is 47.5 Å². The molecule has 2 aromatic rings. The highest BCUT2D eigenvalue weighted by Gasteiger charge is 2.30. The minimum atomic E-state index is -4.70. The minimum absolute atomic E-state index is 0. The van der Waals surface area contributed by atoms with E-state index in [2.05, 4.69) is 21.1 Å². The molecule has 3 N–H and O–H groups in total. The maximum Gasteiger partial charge on any atom is 0.573 e. The smallest absolute Gasteiger partial charge is 0.406 e. The number of rotatable bonds is 6. The summed E-state index contributed by atoms with van der Waals surface area (Å²) in [6.07, 6.45) is -4.70. The lowest BCUT2D eigenvalue weighted by atomic mass is 10.1. The molecule has 0 aromatic heterocycles. The number of nitrogens with zero attached hydrogens (tertiary/aromatic N) is 2. The van der Waals surface area contributed by atoms with Gasteiger partial charge in [0.2, 0.25) is 0 Å². The molecule has 9 heteroatoms. The summed E-state index contributed by atoms with van der Waals surface area (Å²) in [6, 6.07) is 11.7. The summed E-state index contributed by atoms with van der Waals surface area (Å²) in [5, 5.41) is 3.05. The van der Waals surface area contributed by atoms with Gasteiger partial charge in [-0.1, -0.05) is 24.3 Å². The molecule has 0 bridgehead atoms. The largest absolute Gasteiger partial charge is 0.573 e. The summed E-state index contributed by atoms with van der Waals surface area (Å²) >= 11 is 0. The van der Waals surface area contributed by atoms with E-state index in [1.165, 1.54) is 29.8 Å². The lowest BCUT2D eigenvalue weighted by Gasteiger charge is -2.18. The Morgan fingerprint density at radius 1 is 1.14 bits per heavy atom. The van der Waals surface area contributed by atoms with E-state index in [0.29, 0.717) is 6.54 Å². The zero-order chi connectivity index (χ0) is 20.0. The second kappa shape index (κ2) is 10.4. The SMILES string of the molecule is Cc1ccc(CNC(N)=NCc2ccc(OC(F)(F)F)cc2)c(N(C)C)c1.I. The van der Waals surface area contributed by atoms with Crippen LogP contribution in [0.5, 0.6) is 5.75 Å². The third-order valence-corrected chi connectivity index (χ3v) is 3.77. The molecule has 0 saturated carbocycles. The molecule has 0 aliphatic heterocycles. The van der Waals surface area contributed by atoms with E-state index < -0.39 is 6.36 Å². The lowest BCUT2D eigenvalue weighted by molar-refractivity contribution is -0.274. The topological polar surface area (TPSA) is 62.9 Å². The van der Waals surface area contributed by atoms with Crippen molar-refractivity contribution < 1.29 is 17.9 Å². The second-order valence-electron chi connectivity index (χ2n) is 6.27. The van der Waals surface area contributed by atoms with Crippen LogP contribution in [0, 0.1) is 6.92 Å². The van der Waals surface area contributed by atoms with Crippen LogP contribution in [0.2, 0.25) is 0 Å². The van der Waals surface area contributed by atoms with Crippen LogP contribution < -0.4 is 20.7 Å². The first-order chi connectivity index (χ1) is 12.6. The predicted octanol–water partition coefficient (Wildman–Crippen LogP) is 4.18. The van der Waals surface area contributed by atoms with Gasteiger partial charge in [-0.25, -0.2) is 4.99 Å². The summed E-state index contributed by atoms with van der Waals surface area (Å²) in [5.41, 5.74) is 9.95. The van der Waals surface area contributed by atoms with Gasteiger partial charge in [-0.3, -0.25) is 0 Å². The first kappa shape index (κ1) is 23.9. The number of ether oxygens (including phenoxy) is 1. The number of hydrogen-bond acceptors (Lipinski definition) is 3. The molecule has 28 heavy (non-hydrogen) atoms. The van der Waals surface area contributed by atoms with Crippen LogP contribution in [-0.2, 0) is 13.1 Å². The van der Waals surface area contributed by atoms with E-state index in [1.54, 1.807) is 0 Å². The molecule has 0 saturated heterocycles. The van der Waals surface area contributed by atoms with E-state index in [-0.39, 0.29) is 42.2 Å². The first-order valence-electron chi connectivity index (χ1n) is 8.29. The first-order valence-corrected chi connectivity index (χ1v) is 8.29. The Hall–Kier alpha value is -2.17. The van der Waals surface area contributed by atoms with Gasteiger partial charge in [0.1, 0.15) is 5.75 Å². The summed E-state index contributed by atoms with van der Waals surface area (Å²) in [5.74, 6) is -0.00666. The van der Waals surface area contributed by atoms with Crippen molar-refractivity contribution in [2.75, 3.05) is 19.0 Å². The molecule has 0 heterocycles. The average Bonchev–Trinajstić information content (AvgIpc) is 2.58. The van der Waals surface area contributed by atoms with E-state index >= 15 is 0 Å². The van der Waals surface area contributed by atoms with Crippen LogP contribution in [0.25, 0.3) is 0 Å². The third-order valence-electron chi connectivity index (χ3n) is 3.77. The van der Waals surface area contributed by atoms with Crippen LogP contribution >= 0.6 is 24.0 Å². The number of aliphatic imine (C=N–C) groups is 1. The molecule has 0 spiro atoms. The molecule has 0 unspecified atom stereocenters. The number of hydrogen-bond donors (Lipinski definition) is 2. The summed E-state index contributed by atoms with van der Waals surface area (Å²) < 4.78 is 40.3. The van der Waals surface area contributed by atoms with Gasteiger partial charge >= 0.3 is 6.36 Å². The van der Waals surface area contributed by atoms with Crippen LogP contribution in [0.4, 0.5) is 18.9 Å². The number of alkyl halides is 3. The molecule has 0 radical (unpaired) electrons. The zero-order valence-electron chi connectivity index (χ0n) is 15.9. The fraction of sp³-hybridized carbons (Fsp3) is 0.316. The maximum atomic E-state index is 12.1. The minimum Gasteiger partial charge on any atom is -0.406 e. The van der Waals surface area contributed by atoms with Crippen molar-refractivity contribution in [1.29, 1.82) is 0 Å². The molecular weight excluding hydrogens is 484 g/mol. The van der Waals surface area contributed by atoms with Crippen molar-refractivity contribution in [1.82, 2.24) is 5.32 Å². The highest BCUT2D eigenvalue weighted by atomic mass is 127. The second-order valence-corrected chi connectivity index (χ2v) is 6.27. The van der Waals surface area contributed by atoms with Gasteiger partial charge in [-0.15, -0.1) is 37.1 Å². The van der Waals surface area contributed by atoms with Crippen molar-refractivity contribution in [3.05, 3.63) is 59.2 Å². The fourth-order valence-corrected chi connectivity index (χ4v) is 2.45. The van der Waals surface area contributed by atoms with E-state index in [1.807, 2.05) is 38.1 Å². The fourth-order valence-electron chi connectivity index (χ4n) is 2.45. The van der Waals surface area contributed by atoms with Gasteiger partial charge < -0.3 is 20.7 Å². The molecule has 154 valence electrons. The zero-order valence-corrected chi connectivity index (χ0v) is 18.2. The third kappa shape index (κ3) is 7.83. The Labute approximate surface area is 179 Å². The summed E-state index contributed by atoms with van der Waals surface area (Å²) in [7, 11) is 3.95. The Morgan fingerprint density at radius 2 is 1.79 bits per heavy atom. The maximum absolute atomic E-state index is 12.1. The van der Waals surface area contributed by atoms with E-state index in [0.717, 1.165) is 16.8 Å². The number of nitrogens with two attached hydrogens (primary N) is 1. The number of halogens is 4. The summed E-state index contributed by atoms with van der Waals surface area (Å²) in [6.45, 7) is 2.80. The predicted molar refractivity (Wildman–Crippen MR) is 116 cm³/mol. The molecule has 2 rings (SSSR count). The van der Waals surface area contributed by atoms with Crippen molar-refractivity contribution in [3.63, 3.8) is 0 Å². The van der Waals surface area contributed by atoms with Crippen molar-refractivity contribution in [3.8, 4) is 5.75 Å². The van der Waals surface area contributed by atoms with Crippen molar-refractivity contribution in [2.45, 2.75) is 26.4 Å². The van der Waals surface area contributed by atoms with Gasteiger partial charge in [0.05, 0.1) is 6.54 Å².